The Balaban J connectivity index is 1.38. The lowest BCUT2D eigenvalue weighted by atomic mass is 9.84. The smallest absolute Gasteiger partial charge is 0.261 e. The molecular weight excluding hydrogens is 356 g/mol. The van der Waals surface area contributed by atoms with E-state index in [0.717, 1.165) is 33.9 Å². The average molecular weight is 382 g/mol. The number of amides is 1. The molecule has 6 heteroatoms. The molecule has 6 rings (SSSR count). The maximum atomic E-state index is 12.9. The van der Waals surface area contributed by atoms with Crippen molar-refractivity contribution in [3.05, 3.63) is 52.5 Å². The van der Waals surface area contributed by atoms with Crippen LogP contribution in [0.4, 0.5) is 0 Å². The predicted octanol–water partition coefficient (Wildman–Crippen LogP) is 1.86. The molecule has 2 N–H and O–H groups in total. The summed E-state index contributed by atoms with van der Waals surface area (Å²) in [6.07, 6.45) is 2.50. The zero-order chi connectivity index (χ0) is 18.4. The molecule has 5 heterocycles. The first-order valence-corrected chi connectivity index (χ1v) is 10.6. The molecule has 0 radical (unpaired) electrons. The molecule has 3 aliphatic heterocycles. The van der Waals surface area contributed by atoms with Crippen LogP contribution in [0.2, 0.25) is 0 Å². The van der Waals surface area contributed by atoms with E-state index < -0.39 is 0 Å². The summed E-state index contributed by atoms with van der Waals surface area (Å²) in [4.78, 5) is 16.4. The fourth-order valence-electron chi connectivity index (χ4n) is 4.63. The van der Waals surface area contributed by atoms with Crippen molar-refractivity contribution in [2.24, 2.45) is 5.92 Å². The summed E-state index contributed by atoms with van der Waals surface area (Å²) >= 11 is 1.56. The number of rotatable bonds is 4. The van der Waals surface area contributed by atoms with Crippen LogP contribution in [-0.4, -0.2) is 41.4 Å². The fourth-order valence-corrected chi connectivity index (χ4v) is 5.69. The lowest BCUT2D eigenvalue weighted by molar-refractivity contribution is -0.917. The topological polar surface area (TPSA) is 51.4 Å². The second kappa shape index (κ2) is 6.77. The van der Waals surface area contributed by atoms with Gasteiger partial charge in [-0.05, 0) is 24.5 Å². The molecule has 1 aromatic carbocycles. The van der Waals surface area contributed by atoms with Crippen LogP contribution in [0.3, 0.4) is 0 Å². The Labute approximate surface area is 163 Å². The van der Waals surface area contributed by atoms with E-state index in [1.807, 2.05) is 35.9 Å². The number of thiophene rings is 1. The highest BCUT2D eigenvalue weighted by atomic mass is 32.1. The number of piperidine rings is 3. The Morgan fingerprint density at radius 2 is 2.07 bits per heavy atom. The van der Waals surface area contributed by atoms with Crippen LogP contribution in [0, 0.1) is 12.8 Å². The minimum atomic E-state index is 0.0833. The number of carbonyl (C=O) groups excluding carboxylic acids is 1. The zero-order valence-corrected chi connectivity index (χ0v) is 16.4. The normalized spacial score (nSPS) is 24.4. The van der Waals surface area contributed by atoms with Crippen LogP contribution in [-0.2, 0) is 6.54 Å². The molecule has 2 aromatic heterocycles. The van der Waals surface area contributed by atoms with Gasteiger partial charge in [0.2, 0.25) is 0 Å². The highest BCUT2D eigenvalue weighted by molar-refractivity contribution is 7.20. The van der Waals surface area contributed by atoms with Crippen molar-refractivity contribution in [2.45, 2.75) is 32.4 Å². The summed E-state index contributed by atoms with van der Waals surface area (Å²) in [6.45, 7) is 6.38. The van der Waals surface area contributed by atoms with E-state index in [1.165, 1.54) is 31.5 Å². The van der Waals surface area contributed by atoms with E-state index >= 15 is 0 Å². The zero-order valence-electron chi connectivity index (χ0n) is 15.6. The third-order valence-electron chi connectivity index (χ3n) is 6.14. The van der Waals surface area contributed by atoms with Gasteiger partial charge in [-0.1, -0.05) is 30.3 Å². The van der Waals surface area contributed by atoms with Crippen molar-refractivity contribution in [1.82, 2.24) is 15.1 Å². The summed E-state index contributed by atoms with van der Waals surface area (Å²) in [5, 5.41) is 9.11. The van der Waals surface area contributed by atoms with Gasteiger partial charge in [-0.25, -0.2) is 0 Å². The Morgan fingerprint density at radius 1 is 1.30 bits per heavy atom. The molecule has 3 fully saturated rings. The number of nitrogens with one attached hydrogen (secondary N) is 2. The third-order valence-corrected chi connectivity index (χ3v) is 7.29. The first-order chi connectivity index (χ1) is 13.2. The number of aryl methyl sites for hydroxylation is 1. The molecular formula is C21H25N4OS+. The predicted molar refractivity (Wildman–Crippen MR) is 107 cm³/mol. The first-order valence-electron chi connectivity index (χ1n) is 9.82. The highest BCUT2D eigenvalue weighted by Gasteiger charge is 2.38. The van der Waals surface area contributed by atoms with Crippen LogP contribution >= 0.6 is 11.3 Å². The quantitative estimate of drug-likeness (QED) is 0.725. The minimum Gasteiger partial charge on any atom is -0.343 e. The van der Waals surface area contributed by atoms with Gasteiger partial charge in [-0.3, -0.25) is 9.48 Å². The number of quaternary nitrogens is 1. The fraction of sp³-hybridized carbons (Fsp3) is 0.429. The van der Waals surface area contributed by atoms with Crippen LogP contribution in [0.1, 0.15) is 33.8 Å². The standard InChI is InChI=1S/C21H24N4OS/c1-14-17-11-19(20(26)22-18-13-24-9-7-16(18)8-10-24)27-21(17)25(23-14)12-15-5-3-2-4-6-15/h2-6,11,16,18H,7-10,12-13H2,1H3,(H,22,26)/p+1/t18-/m0/s1. The van der Waals surface area contributed by atoms with Crippen molar-refractivity contribution >= 4 is 27.5 Å². The maximum absolute atomic E-state index is 12.9. The first kappa shape index (κ1) is 17.0. The SMILES string of the molecule is Cc1nn(Cc2ccccc2)c2sc(C(=O)N[C@H]3C[NH+]4CCC3CC4)cc12. The van der Waals surface area contributed by atoms with Gasteiger partial charge in [-0.2, -0.15) is 5.10 Å². The third kappa shape index (κ3) is 3.17. The monoisotopic (exact) mass is 381 g/mol. The van der Waals surface area contributed by atoms with Crippen molar-refractivity contribution < 1.29 is 9.69 Å². The van der Waals surface area contributed by atoms with Crippen molar-refractivity contribution in [2.75, 3.05) is 19.6 Å². The van der Waals surface area contributed by atoms with Gasteiger partial charge < -0.3 is 10.2 Å². The number of hydrogen-bond donors (Lipinski definition) is 2. The molecule has 2 bridgehead atoms. The summed E-state index contributed by atoms with van der Waals surface area (Å²) in [7, 11) is 0. The molecule has 1 amide bonds. The van der Waals surface area contributed by atoms with Crippen molar-refractivity contribution in [1.29, 1.82) is 0 Å². The van der Waals surface area contributed by atoms with Gasteiger partial charge in [0.15, 0.2) is 0 Å². The summed E-state index contributed by atoms with van der Waals surface area (Å²) in [5.74, 6) is 0.746. The molecule has 3 saturated heterocycles. The molecule has 27 heavy (non-hydrogen) atoms. The van der Waals surface area contributed by atoms with Gasteiger partial charge >= 0.3 is 0 Å². The number of aromatic nitrogens is 2. The van der Waals surface area contributed by atoms with Gasteiger partial charge in [0, 0.05) is 18.2 Å². The largest absolute Gasteiger partial charge is 0.343 e. The number of benzene rings is 1. The molecule has 3 aliphatic rings. The molecule has 0 unspecified atom stereocenters. The number of nitrogens with zero attached hydrogens (tertiary/aromatic N) is 2. The number of carbonyl (C=O) groups is 1. The van der Waals surface area contributed by atoms with Gasteiger partial charge in [-0.15, -0.1) is 11.3 Å². The second-order valence-electron chi connectivity index (χ2n) is 7.93. The molecule has 1 atom stereocenters. The molecule has 0 aliphatic carbocycles. The Morgan fingerprint density at radius 3 is 2.78 bits per heavy atom. The van der Waals surface area contributed by atoms with Crippen LogP contribution in [0.5, 0.6) is 0 Å². The maximum Gasteiger partial charge on any atom is 0.261 e. The number of hydrogen-bond acceptors (Lipinski definition) is 3. The summed E-state index contributed by atoms with van der Waals surface area (Å²) < 4.78 is 2.03. The summed E-state index contributed by atoms with van der Waals surface area (Å²) in [6, 6.07) is 12.7. The molecule has 0 saturated carbocycles. The lowest BCUT2D eigenvalue weighted by Gasteiger charge is -2.41. The second-order valence-corrected chi connectivity index (χ2v) is 8.96. The van der Waals surface area contributed by atoms with Crippen molar-refractivity contribution in [3.63, 3.8) is 0 Å². The number of fused-ring (bicyclic) bond motifs is 4. The minimum absolute atomic E-state index is 0.0833. The Bertz CT molecular complexity index is 969. The average Bonchev–Trinajstić information content (AvgIpc) is 3.25. The van der Waals surface area contributed by atoms with E-state index in [9.17, 15) is 4.79 Å². The van der Waals surface area contributed by atoms with E-state index in [2.05, 4.69) is 22.5 Å². The summed E-state index contributed by atoms with van der Waals surface area (Å²) in [5.41, 5.74) is 2.21. The van der Waals surface area contributed by atoms with Gasteiger partial charge in [0.25, 0.3) is 5.91 Å². The van der Waals surface area contributed by atoms with Gasteiger partial charge in [0.1, 0.15) is 4.83 Å². The Hall–Kier alpha value is -2.18. The molecule has 0 spiro atoms. The lowest BCUT2D eigenvalue weighted by Crippen LogP contribution is -3.17. The molecule has 3 aromatic rings. The van der Waals surface area contributed by atoms with Crippen LogP contribution in [0.25, 0.3) is 10.2 Å². The van der Waals surface area contributed by atoms with Crippen LogP contribution in [0.15, 0.2) is 36.4 Å². The molecule has 5 nitrogen and oxygen atoms in total. The van der Waals surface area contributed by atoms with E-state index in [1.54, 1.807) is 16.2 Å². The Kier molecular flexibility index (Phi) is 4.25. The van der Waals surface area contributed by atoms with E-state index in [4.69, 9.17) is 0 Å². The van der Waals surface area contributed by atoms with E-state index in [-0.39, 0.29) is 5.91 Å². The van der Waals surface area contributed by atoms with Crippen molar-refractivity contribution in [3.8, 4) is 0 Å². The highest BCUT2D eigenvalue weighted by Crippen LogP contribution is 2.29. The molecule has 140 valence electrons. The van der Waals surface area contributed by atoms with Crippen LogP contribution < -0.4 is 10.2 Å². The van der Waals surface area contributed by atoms with E-state index in [0.29, 0.717) is 12.0 Å². The van der Waals surface area contributed by atoms with Gasteiger partial charge in [0.05, 0.1) is 42.8 Å².